The number of hydrogen-bond donors (Lipinski definition) is 1. The number of para-hydroxylation sites is 1. The van der Waals surface area contributed by atoms with Crippen molar-refractivity contribution < 1.29 is 24.2 Å². The van der Waals surface area contributed by atoms with Crippen molar-refractivity contribution in [1.29, 1.82) is 0 Å². The van der Waals surface area contributed by atoms with Gasteiger partial charge in [0.15, 0.2) is 11.5 Å². The van der Waals surface area contributed by atoms with Gasteiger partial charge in [-0.1, -0.05) is 41.4 Å². The molecule has 1 atom stereocenters. The van der Waals surface area contributed by atoms with Crippen molar-refractivity contribution in [2.24, 2.45) is 0 Å². The minimum atomic E-state index is -0.917. The Balaban J connectivity index is 2.01. The van der Waals surface area contributed by atoms with Gasteiger partial charge in [-0.25, -0.2) is 0 Å². The number of methoxy groups -OCH3 is 2. The monoisotopic (exact) mass is 484 g/mol. The number of rotatable bonds is 5. The minimum absolute atomic E-state index is 0.0202. The van der Waals surface area contributed by atoms with Crippen molar-refractivity contribution >= 4 is 46.3 Å². The van der Waals surface area contributed by atoms with E-state index in [4.69, 9.17) is 32.7 Å². The summed E-state index contributed by atoms with van der Waals surface area (Å²) in [5.74, 6) is -1.91. The molecule has 1 aromatic heterocycles. The molecule has 1 unspecified atom stereocenters. The number of carbonyl (C=O) groups is 2. The average molecular weight is 485 g/mol. The summed E-state index contributed by atoms with van der Waals surface area (Å²) in [5, 5.41) is 11.5. The Labute approximate surface area is 199 Å². The summed E-state index contributed by atoms with van der Waals surface area (Å²) in [5.41, 5.74) is 1.00. The number of amides is 1. The number of hydrogen-bond acceptors (Lipinski definition) is 6. The van der Waals surface area contributed by atoms with Crippen LogP contribution in [0.15, 0.2) is 66.5 Å². The van der Waals surface area contributed by atoms with E-state index in [1.165, 1.54) is 25.2 Å². The molecule has 2 aromatic carbocycles. The quantitative estimate of drug-likeness (QED) is 0.310. The van der Waals surface area contributed by atoms with Crippen LogP contribution < -0.4 is 14.4 Å². The van der Waals surface area contributed by atoms with Crippen LogP contribution in [0.3, 0.4) is 0 Å². The molecule has 1 N–H and O–H groups in total. The lowest BCUT2D eigenvalue weighted by Gasteiger charge is -2.25. The molecule has 0 aliphatic carbocycles. The number of aromatic nitrogens is 1. The molecule has 9 heteroatoms. The molecule has 1 aliphatic rings. The summed E-state index contributed by atoms with van der Waals surface area (Å²) >= 11 is 12.7. The fourth-order valence-corrected chi connectivity index (χ4v) is 4.53. The van der Waals surface area contributed by atoms with Gasteiger partial charge in [0.05, 0.1) is 36.4 Å². The third-order valence-corrected chi connectivity index (χ3v) is 5.92. The number of anilines is 1. The molecular weight excluding hydrogens is 467 g/mol. The Bertz CT molecular complexity index is 1260. The molecule has 1 amide bonds. The standard InChI is InChI=1S/C24H18Cl2N2O5/c1-32-22-15(12-16(25)23(33-2)18(22)26)20(29)17-19(13-8-10-27-11-9-13)28(24(31)21(17)30)14-6-4-3-5-7-14/h3-12,19,29H,1-2H3/b20-17+. The summed E-state index contributed by atoms with van der Waals surface area (Å²) in [6.07, 6.45) is 3.09. The molecular formula is C24H18Cl2N2O5. The van der Waals surface area contributed by atoms with Gasteiger partial charge < -0.3 is 14.6 Å². The lowest BCUT2D eigenvalue weighted by atomic mass is 9.95. The third kappa shape index (κ3) is 3.79. The second kappa shape index (κ2) is 9.13. The molecule has 7 nitrogen and oxygen atoms in total. The van der Waals surface area contributed by atoms with Crippen molar-refractivity contribution in [3.8, 4) is 11.5 Å². The second-order valence-corrected chi connectivity index (χ2v) is 7.86. The predicted octanol–water partition coefficient (Wildman–Crippen LogP) is 5.03. The molecule has 1 fully saturated rings. The van der Waals surface area contributed by atoms with Crippen LogP contribution in [0.25, 0.3) is 5.76 Å². The number of aliphatic hydroxyl groups excluding tert-OH is 1. The Morgan fingerprint density at radius 1 is 1.00 bits per heavy atom. The van der Waals surface area contributed by atoms with Gasteiger partial charge in [-0.2, -0.15) is 0 Å². The largest absolute Gasteiger partial charge is 0.507 e. The molecule has 0 spiro atoms. The highest BCUT2D eigenvalue weighted by Crippen LogP contribution is 2.47. The number of nitrogens with zero attached hydrogens (tertiary/aromatic N) is 2. The molecule has 0 saturated carbocycles. The van der Waals surface area contributed by atoms with E-state index in [1.807, 2.05) is 0 Å². The van der Waals surface area contributed by atoms with Gasteiger partial charge in [0.1, 0.15) is 10.8 Å². The van der Waals surface area contributed by atoms with Gasteiger partial charge in [-0.15, -0.1) is 0 Å². The van der Waals surface area contributed by atoms with E-state index in [-0.39, 0.29) is 32.7 Å². The van der Waals surface area contributed by atoms with Crippen LogP contribution in [0.1, 0.15) is 17.2 Å². The summed E-state index contributed by atoms with van der Waals surface area (Å²) in [6, 6.07) is 12.5. The van der Waals surface area contributed by atoms with E-state index in [2.05, 4.69) is 4.98 Å². The van der Waals surface area contributed by atoms with E-state index >= 15 is 0 Å². The van der Waals surface area contributed by atoms with Gasteiger partial charge in [-0.05, 0) is 35.9 Å². The average Bonchev–Trinajstić information content (AvgIpc) is 3.10. The van der Waals surface area contributed by atoms with Crippen LogP contribution in [-0.4, -0.2) is 36.0 Å². The number of ketones is 1. The summed E-state index contributed by atoms with van der Waals surface area (Å²) in [6.45, 7) is 0. The smallest absolute Gasteiger partial charge is 0.300 e. The number of benzene rings is 2. The van der Waals surface area contributed by atoms with Gasteiger partial charge in [0.25, 0.3) is 11.7 Å². The Kier molecular flexibility index (Phi) is 6.26. The number of aliphatic hydroxyl groups is 1. The maximum atomic E-state index is 13.2. The van der Waals surface area contributed by atoms with Crippen molar-refractivity contribution in [3.63, 3.8) is 0 Å². The van der Waals surface area contributed by atoms with Crippen LogP contribution >= 0.6 is 23.2 Å². The highest BCUT2D eigenvalue weighted by Gasteiger charge is 2.47. The van der Waals surface area contributed by atoms with Crippen molar-refractivity contribution in [1.82, 2.24) is 4.98 Å². The zero-order valence-corrected chi connectivity index (χ0v) is 19.1. The van der Waals surface area contributed by atoms with Gasteiger partial charge in [0.2, 0.25) is 0 Å². The Morgan fingerprint density at radius 2 is 1.64 bits per heavy atom. The van der Waals surface area contributed by atoms with Gasteiger partial charge in [-0.3, -0.25) is 19.5 Å². The Morgan fingerprint density at radius 3 is 2.24 bits per heavy atom. The highest BCUT2D eigenvalue weighted by molar-refractivity contribution is 6.52. The van der Waals surface area contributed by atoms with Crippen molar-refractivity contribution in [2.45, 2.75) is 6.04 Å². The van der Waals surface area contributed by atoms with E-state index < -0.39 is 23.5 Å². The lowest BCUT2D eigenvalue weighted by Crippen LogP contribution is -2.29. The van der Waals surface area contributed by atoms with Crippen molar-refractivity contribution in [2.75, 3.05) is 19.1 Å². The highest BCUT2D eigenvalue weighted by atomic mass is 35.5. The van der Waals surface area contributed by atoms with Crippen molar-refractivity contribution in [3.05, 3.63) is 87.7 Å². The molecule has 0 bridgehead atoms. The van der Waals surface area contributed by atoms with Crippen LogP contribution in [0.2, 0.25) is 10.0 Å². The SMILES string of the molecule is COc1c(Cl)cc(/C(O)=C2\C(=O)C(=O)N(c3ccccc3)C2c2ccncc2)c(OC)c1Cl. The summed E-state index contributed by atoms with van der Waals surface area (Å²) in [7, 11) is 2.75. The second-order valence-electron chi connectivity index (χ2n) is 7.07. The van der Waals surface area contributed by atoms with Gasteiger partial charge in [0, 0.05) is 18.1 Å². The summed E-state index contributed by atoms with van der Waals surface area (Å²) in [4.78, 5) is 31.7. The first-order valence-electron chi connectivity index (χ1n) is 9.77. The van der Waals surface area contributed by atoms with E-state index in [0.29, 0.717) is 11.3 Å². The fraction of sp³-hybridized carbons (Fsp3) is 0.125. The summed E-state index contributed by atoms with van der Waals surface area (Å²) < 4.78 is 10.6. The topological polar surface area (TPSA) is 89.0 Å². The Hall–Kier alpha value is -3.55. The zero-order valence-electron chi connectivity index (χ0n) is 17.6. The van der Waals surface area contributed by atoms with E-state index in [9.17, 15) is 14.7 Å². The first kappa shape index (κ1) is 22.6. The maximum Gasteiger partial charge on any atom is 0.300 e. The number of ether oxygens (including phenoxy) is 2. The molecule has 3 aromatic rings. The zero-order chi connectivity index (χ0) is 23.7. The van der Waals surface area contributed by atoms with Crippen LogP contribution in [0.5, 0.6) is 11.5 Å². The van der Waals surface area contributed by atoms with E-state index in [0.717, 1.165) is 0 Å². The minimum Gasteiger partial charge on any atom is -0.507 e. The number of Topliss-reactive ketones (excluding diaryl/α,β-unsaturated/α-hetero) is 1. The van der Waals surface area contributed by atoms with Crippen LogP contribution in [0, 0.1) is 0 Å². The molecule has 168 valence electrons. The maximum absolute atomic E-state index is 13.2. The lowest BCUT2D eigenvalue weighted by molar-refractivity contribution is -0.132. The molecule has 4 rings (SSSR count). The molecule has 33 heavy (non-hydrogen) atoms. The fourth-order valence-electron chi connectivity index (χ4n) is 3.84. The van der Waals surface area contributed by atoms with Crippen LogP contribution in [-0.2, 0) is 9.59 Å². The van der Waals surface area contributed by atoms with Crippen LogP contribution in [0.4, 0.5) is 5.69 Å². The first-order chi connectivity index (χ1) is 15.9. The molecule has 0 radical (unpaired) electrons. The normalized spacial score (nSPS) is 17.3. The molecule has 1 saturated heterocycles. The predicted molar refractivity (Wildman–Crippen MR) is 125 cm³/mol. The first-order valence-corrected chi connectivity index (χ1v) is 10.5. The number of halogens is 2. The third-order valence-electron chi connectivity index (χ3n) is 5.30. The van der Waals surface area contributed by atoms with Gasteiger partial charge >= 0.3 is 0 Å². The number of carbonyl (C=O) groups excluding carboxylic acids is 2. The molecule has 1 aliphatic heterocycles. The molecule has 2 heterocycles. The number of pyridine rings is 1. The van der Waals surface area contributed by atoms with E-state index in [1.54, 1.807) is 54.9 Å².